The van der Waals surface area contributed by atoms with Gasteiger partial charge in [-0.05, 0) is 49.7 Å². The molecule has 0 aromatic heterocycles. The minimum atomic E-state index is -0.893. The fourth-order valence-corrected chi connectivity index (χ4v) is 4.21. The molecule has 1 aromatic rings. The number of aliphatic hydroxyl groups excluding tert-OH is 1. The molecule has 0 radical (unpaired) electrons. The van der Waals surface area contributed by atoms with Gasteiger partial charge in [-0.25, -0.2) is 4.79 Å². The zero-order valence-corrected chi connectivity index (χ0v) is 14.7. The maximum Gasteiger partial charge on any atom is 0.325 e. The van der Waals surface area contributed by atoms with Gasteiger partial charge in [-0.1, -0.05) is 24.3 Å². The van der Waals surface area contributed by atoms with Crippen LogP contribution in [-0.2, 0) is 22.4 Å². The normalized spacial score (nSPS) is 26.6. The number of aliphatic hydroxyl groups is 1. The third kappa shape index (κ3) is 2.67. The number of nitrogens with one attached hydrogen (secondary N) is 2. The molecule has 2 fully saturated rings. The van der Waals surface area contributed by atoms with Crippen molar-refractivity contribution in [1.82, 2.24) is 15.5 Å². The van der Waals surface area contributed by atoms with E-state index < -0.39 is 23.0 Å². The summed E-state index contributed by atoms with van der Waals surface area (Å²) in [6.45, 7) is 1.20. The van der Waals surface area contributed by atoms with Gasteiger partial charge < -0.3 is 15.7 Å². The number of imide groups is 1. The predicted molar refractivity (Wildman–Crippen MR) is 93.2 cm³/mol. The topological polar surface area (TPSA) is 98.7 Å². The third-order valence-electron chi connectivity index (χ3n) is 5.88. The highest BCUT2D eigenvalue weighted by Gasteiger charge is 2.56. The zero-order valence-electron chi connectivity index (χ0n) is 14.7. The van der Waals surface area contributed by atoms with Crippen LogP contribution in [0.4, 0.5) is 4.79 Å². The summed E-state index contributed by atoms with van der Waals surface area (Å²) in [5, 5.41) is 15.5. The Labute approximate surface area is 151 Å². The predicted octanol–water partition coefficient (Wildman–Crippen LogP) is 0.353. The van der Waals surface area contributed by atoms with E-state index in [1.165, 1.54) is 0 Å². The first-order valence-corrected chi connectivity index (χ1v) is 9.00. The third-order valence-corrected chi connectivity index (χ3v) is 5.88. The van der Waals surface area contributed by atoms with Gasteiger partial charge >= 0.3 is 6.03 Å². The Morgan fingerprint density at radius 2 is 1.88 bits per heavy atom. The lowest BCUT2D eigenvalue weighted by molar-refractivity contribution is -0.135. The molecule has 1 aromatic carbocycles. The van der Waals surface area contributed by atoms with Gasteiger partial charge in [0.05, 0.1) is 12.1 Å². The summed E-state index contributed by atoms with van der Waals surface area (Å²) >= 11 is 0. The molecule has 0 bridgehead atoms. The summed E-state index contributed by atoms with van der Waals surface area (Å²) in [6, 6.07) is 7.31. The second-order valence-corrected chi connectivity index (χ2v) is 7.91. The van der Waals surface area contributed by atoms with Crippen molar-refractivity contribution >= 4 is 17.8 Å². The highest BCUT2D eigenvalue weighted by Crippen LogP contribution is 2.42. The standard InChI is InChI=1S/C19H23N3O4/c1-18(14-6-7-14)16(25)22(17(26)21-18)10-15(24)20-19(11-23)8-12-4-2-3-5-13(12)9-19/h2-5,14,23H,6-11H2,1H3,(H,20,24)(H,21,26). The van der Waals surface area contributed by atoms with Gasteiger partial charge in [0, 0.05) is 0 Å². The molecule has 4 rings (SSSR count). The fraction of sp³-hybridized carbons (Fsp3) is 0.526. The lowest BCUT2D eigenvalue weighted by Crippen LogP contribution is -2.55. The van der Waals surface area contributed by atoms with Crippen LogP contribution in [-0.4, -0.2) is 52.1 Å². The summed E-state index contributed by atoms with van der Waals surface area (Å²) in [7, 11) is 0. The van der Waals surface area contributed by atoms with E-state index in [9.17, 15) is 19.5 Å². The van der Waals surface area contributed by atoms with Crippen molar-refractivity contribution in [2.45, 2.75) is 43.7 Å². The smallest absolute Gasteiger partial charge is 0.325 e. The molecular weight excluding hydrogens is 334 g/mol. The Morgan fingerprint density at radius 3 is 2.42 bits per heavy atom. The number of fused-ring (bicyclic) bond motifs is 1. The van der Waals surface area contributed by atoms with Crippen LogP contribution in [0, 0.1) is 5.92 Å². The van der Waals surface area contributed by atoms with Crippen LogP contribution in [0.3, 0.4) is 0 Å². The molecule has 1 atom stereocenters. The van der Waals surface area contributed by atoms with E-state index in [0.29, 0.717) is 12.8 Å². The Kier molecular flexibility index (Phi) is 3.80. The Hall–Kier alpha value is -2.41. The van der Waals surface area contributed by atoms with E-state index in [1.807, 2.05) is 24.3 Å². The lowest BCUT2D eigenvalue weighted by atomic mass is 9.96. The quantitative estimate of drug-likeness (QED) is 0.663. The number of carbonyl (C=O) groups excluding carboxylic acids is 3. The number of nitrogens with zero attached hydrogens (tertiary/aromatic N) is 1. The first-order chi connectivity index (χ1) is 12.4. The highest BCUT2D eigenvalue weighted by atomic mass is 16.3. The van der Waals surface area contributed by atoms with E-state index in [-0.39, 0.29) is 25.0 Å². The van der Waals surface area contributed by atoms with Crippen LogP contribution in [0.2, 0.25) is 0 Å². The number of benzene rings is 1. The summed E-state index contributed by atoms with van der Waals surface area (Å²) in [5.41, 5.74) is 0.520. The molecular formula is C19H23N3O4. The number of rotatable bonds is 5. The van der Waals surface area contributed by atoms with E-state index in [0.717, 1.165) is 28.9 Å². The summed E-state index contributed by atoms with van der Waals surface area (Å²) in [5.74, 6) is -0.622. The average molecular weight is 357 g/mol. The van der Waals surface area contributed by atoms with Crippen molar-refractivity contribution in [2.24, 2.45) is 5.92 Å². The Morgan fingerprint density at radius 1 is 1.27 bits per heavy atom. The van der Waals surface area contributed by atoms with Gasteiger partial charge in [0.1, 0.15) is 12.1 Å². The van der Waals surface area contributed by atoms with Crippen molar-refractivity contribution in [2.75, 3.05) is 13.2 Å². The minimum Gasteiger partial charge on any atom is -0.394 e. The van der Waals surface area contributed by atoms with E-state index in [2.05, 4.69) is 10.6 Å². The lowest BCUT2D eigenvalue weighted by Gasteiger charge is -2.29. The zero-order chi connectivity index (χ0) is 18.5. The average Bonchev–Trinajstić information content (AvgIpc) is 3.36. The molecule has 1 saturated heterocycles. The SMILES string of the molecule is CC1(C2CC2)NC(=O)N(CC(=O)NC2(CO)Cc3ccccc3C2)C1=O. The van der Waals surface area contributed by atoms with Gasteiger partial charge in [0.2, 0.25) is 5.91 Å². The molecule has 1 saturated carbocycles. The van der Waals surface area contributed by atoms with Gasteiger partial charge in [0.15, 0.2) is 0 Å². The monoisotopic (exact) mass is 357 g/mol. The van der Waals surface area contributed by atoms with Gasteiger partial charge in [-0.3, -0.25) is 14.5 Å². The molecule has 26 heavy (non-hydrogen) atoms. The first-order valence-electron chi connectivity index (χ1n) is 9.00. The molecule has 3 N–H and O–H groups in total. The second-order valence-electron chi connectivity index (χ2n) is 7.91. The van der Waals surface area contributed by atoms with Crippen LogP contribution in [0.5, 0.6) is 0 Å². The maximum absolute atomic E-state index is 12.6. The summed E-state index contributed by atoms with van der Waals surface area (Å²) < 4.78 is 0. The summed E-state index contributed by atoms with van der Waals surface area (Å²) in [6.07, 6.45) is 2.89. The van der Waals surface area contributed by atoms with Crippen LogP contribution < -0.4 is 10.6 Å². The van der Waals surface area contributed by atoms with Crippen molar-refractivity contribution in [3.8, 4) is 0 Å². The van der Waals surface area contributed by atoms with Crippen LogP contribution in [0.25, 0.3) is 0 Å². The van der Waals surface area contributed by atoms with E-state index >= 15 is 0 Å². The fourth-order valence-electron chi connectivity index (χ4n) is 4.21. The van der Waals surface area contributed by atoms with Crippen LogP contribution in [0.15, 0.2) is 24.3 Å². The largest absolute Gasteiger partial charge is 0.394 e. The van der Waals surface area contributed by atoms with E-state index in [1.54, 1.807) is 6.92 Å². The summed E-state index contributed by atoms with van der Waals surface area (Å²) in [4.78, 5) is 38.4. The molecule has 4 amide bonds. The minimum absolute atomic E-state index is 0.153. The van der Waals surface area contributed by atoms with Crippen molar-refractivity contribution in [3.63, 3.8) is 0 Å². The Balaban J connectivity index is 1.44. The molecule has 1 unspecified atom stereocenters. The van der Waals surface area contributed by atoms with E-state index in [4.69, 9.17) is 0 Å². The molecule has 1 heterocycles. The molecule has 7 nitrogen and oxygen atoms in total. The number of carbonyl (C=O) groups is 3. The van der Waals surface area contributed by atoms with Crippen LogP contribution in [0.1, 0.15) is 30.9 Å². The number of urea groups is 1. The Bertz CT molecular complexity index is 764. The van der Waals surface area contributed by atoms with Gasteiger partial charge in [0.25, 0.3) is 5.91 Å². The van der Waals surface area contributed by atoms with Crippen molar-refractivity contribution < 1.29 is 19.5 Å². The molecule has 3 aliphatic rings. The molecule has 1 aliphatic heterocycles. The maximum atomic E-state index is 12.6. The molecule has 2 aliphatic carbocycles. The number of hydrogen-bond donors (Lipinski definition) is 3. The number of hydrogen-bond acceptors (Lipinski definition) is 4. The second kappa shape index (κ2) is 5.81. The van der Waals surface area contributed by atoms with Gasteiger partial charge in [-0.2, -0.15) is 0 Å². The number of amides is 4. The van der Waals surface area contributed by atoms with Crippen LogP contribution >= 0.6 is 0 Å². The molecule has 0 spiro atoms. The molecule has 138 valence electrons. The highest BCUT2D eigenvalue weighted by molar-refractivity contribution is 6.09. The molecule has 7 heteroatoms. The van der Waals surface area contributed by atoms with Crippen molar-refractivity contribution in [3.05, 3.63) is 35.4 Å². The first kappa shape index (κ1) is 17.0. The van der Waals surface area contributed by atoms with Gasteiger partial charge in [-0.15, -0.1) is 0 Å². The van der Waals surface area contributed by atoms with Crippen molar-refractivity contribution in [1.29, 1.82) is 0 Å².